The zero-order chi connectivity index (χ0) is 10.8. The van der Waals surface area contributed by atoms with Gasteiger partial charge in [-0.05, 0) is 11.6 Å². The number of aliphatic hydroxyl groups is 1. The van der Waals surface area contributed by atoms with Gasteiger partial charge in [-0.25, -0.2) is 0 Å². The largest absolute Gasteiger partial charge is 0.396 e. The van der Waals surface area contributed by atoms with Gasteiger partial charge >= 0.3 is 0 Å². The Kier molecular flexibility index (Phi) is 3.53. The Morgan fingerprint density at radius 3 is 2.50 bits per heavy atom. The molecule has 3 heteroatoms. The maximum Gasteiger partial charge on any atom is 0.0500 e. The fourth-order valence-electron chi connectivity index (χ4n) is 1.25. The topological polar surface area (TPSA) is 46.2 Å². The van der Waals surface area contributed by atoms with Crippen LogP contribution in [0, 0.1) is 5.41 Å². The van der Waals surface area contributed by atoms with Gasteiger partial charge in [-0.3, -0.25) is 0 Å². The Morgan fingerprint density at radius 1 is 1.43 bits per heavy atom. The van der Waals surface area contributed by atoms with Gasteiger partial charge in [-0.1, -0.05) is 43.6 Å². The second-order valence-electron chi connectivity index (χ2n) is 4.15. The van der Waals surface area contributed by atoms with Crippen LogP contribution in [0.4, 0.5) is 0 Å². The molecule has 1 aromatic carbocycles. The van der Waals surface area contributed by atoms with E-state index in [1.807, 2.05) is 38.1 Å². The predicted molar refractivity (Wildman–Crippen MR) is 59.2 cm³/mol. The highest BCUT2D eigenvalue weighted by atomic mass is 35.5. The van der Waals surface area contributed by atoms with Gasteiger partial charge in [0.1, 0.15) is 0 Å². The lowest BCUT2D eigenvalue weighted by Crippen LogP contribution is -2.32. The van der Waals surface area contributed by atoms with Crippen LogP contribution in [0.3, 0.4) is 0 Å². The second kappa shape index (κ2) is 4.30. The minimum Gasteiger partial charge on any atom is -0.396 e. The average Bonchev–Trinajstić information content (AvgIpc) is 2.17. The summed E-state index contributed by atoms with van der Waals surface area (Å²) in [5.74, 6) is 0. The molecule has 1 aromatic rings. The van der Waals surface area contributed by atoms with Crippen LogP contribution in [0.5, 0.6) is 0 Å². The lowest BCUT2D eigenvalue weighted by Gasteiger charge is -2.30. The highest BCUT2D eigenvalue weighted by molar-refractivity contribution is 6.31. The minimum absolute atomic E-state index is 0.0411. The molecule has 0 saturated heterocycles. The highest BCUT2D eigenvalue weighted by Crippen LogP contribution is 2.33. The third-order valence-corrected chi connectivity index (χ3v) is 2.83. The first-order valence-corrected chi connectivity index (χ1v) is 4.97. The van der Waals surface area contributed by atoms with Crippen molar-refractivity contribution in [2.75, 3.05) is 6.61 Å². The molecular weight excluding hydrogens is 198 g/mol. The molecule has 14 heavy (non-hydrogen) atoms. The molecule has 0 aliphatic heterocycles. The lowest BCUT2D eigenvalue weighted by atomic mass is 9.82. The number of hydrogen-bond donors (Lipinski definition) is 2. The van der Waals surface area contributed by atoms with Crippen LogP contribution in [-0.2, 0) is 0 Å². The molecule has 2 nitrogen and oxygen atoms in total. The van der Waals surface area contributed by atoms with Crippen molar-refractivity contribution in [2.24, 2.45) is 11.1 Å². The van der Waals surface area contributed by atoms with E-state index in [2.05, 4.69) is 0 Å². The van der Waals surface area contributed by atoms with Gasteiger partial charge in [-0.2, -0.15) is 0 Å². The molecule has 0 saturated carbocycles. The van der Waals surface area contributed by atoms with Crippen LogP contribution in [0.2, 0.25) is 5.02 Å². The molecule has 1 rings (SSSR count). The third kappa shape index (κ3) is 2.27. The van der Waals surface area contributed by atoms with E-state index in [0.29, 0.717) is 5.02 Å². The summed E-state index contributed by atoms with van der Waals surface area (Å²) in [5.41, 5.74) is 6.57. The number of hydrogen-bond acceptors (Lipinski definition) is 2. The Morgan fingerprint density at radius 2 is 2.00 bits per heavy atom. The summed E-state index contributed by atoms with van der Waals surface area (Å²) in [6, 6.07) is 7.22. The fraction of sp³-hybridized carbons (Fsp3) is 0.455. The van der Waals surface area contributed by atoms with E-state index < -0.39 is 0 Å². The molecule has 1 atom stereocenters. The maximum atomic E-state index is 9.19. The zero-order valence-electron chi connectivity index (χ0n) is 8.50. The van der Waals surface area contributed by atoms with Gasteiger partial charge in [-0.15, -0.1) is 0 Å². The van der Waals surface area contributed by atoms with Crippen LogP contribution in [0.1, 0.15) is 25.5 Å². The van der Waals surface area contributed by atoms with Gasteiger partial charge < -0.3 is 10.8 Å². The van der Waals surface area contributed by atoms with Crippen molar-refractivity contribution >= 4 is 11.6 Å². The highest BCUT2D eigenvalue weighted by Gasteiger charge is 2.28. The number of benzene rings is 1. The summed E-state index contributed by atoms with van der Waals surface area (Å²) in [6.45, 7) is 3.88. The first kappa shape index (κ1) is 11.5. The average molecular weight is 214 g/mol. The number of rotatable bonds is 3. The van der Waals surface area contributed by atoms with E-state index in [1.165, 1.54) is 0 Å². The smallest absolute Gasteiger partial charge is 0.0500 e. The van der Waals surface area contributed by atoms with E-state index in [1.54, 1.807) is 0 Å². The van der Waals surface area contributed by atoms with Crippen molar-refractivity contribution in [1.82, 2.24) is 0 Å². The van der Waals surface area contributed by atoms with Gasteiger partial charge in [0, 0.05) is 23.1 Å². The van der Waals surface area contributed by atoms with Gasteiger partial charge in [0.2, 0.25) is 0 Å². The molecule has 0 fully saturated rings. The van der Waals surface area contributed by atoms with Crippen molar-refractivity contribution < 1.29 is 5.11 Å². The van der Waals surface area contributed by atoms with Gasteiger partial charge in [0.25, 0.3) is 0 Å². The Hall–Kier alpha value is -0.570. The van der Waals surface area contributed by atoms with Gasteiger partial charge in [0.15, 0.2) is 0 Å². The van der Waals surface area contributed by atoms with Crippen LogP contribution in [0.15, 0.2) is 24.3 Å². The monoisotopic (exact) mass is 213 g/mol. The lowest BCUT2D eigenvalue weighted by molar-refractivity contribution is 0.132. The molecule has 0 spiro atoms. The molecule has 78 valence electrons. The number of aliphatic hydroxyl groups excluding tert-OH is 1. The van der Waals surface area contributed by atoms with Crippen molar-refractivity contribution in [3.63, 3.8) is 0 Å². The van der Waals surface area contributed by atoms with Crippen LogP contribution >= 0.6 is 11.6 Å². The Balaban J connectivity index is 3.00. The van der Waals surface area contributed by atoms with E-state index in [4.69, 9.17) is 17.3 Å². The molecule has 0 amide bonds. The first-order chi connectivity index (χ1) is 6.49. The molecule has 0 aromatic heterocycles. The SMILES string of the molecule is CC(C)(CO)C(N)c1ccccc1Cl. The number of nitrogens with two attached hydrogens (primary N) is 1. The van der Waals surface area contributed by atoms with E-state index in [9.17, 15) is 5.11 Å². The number of halogens is 1. The fourth-order valence-corrected chi connectivity index (χ4v) is 1.50. The quantitative estimate of drug-likeness (QED) is 0.810. The Bertz CT molecular complexity index is 312. The summed E-state index contributed by atoms with van der Waals surface area (Å²) in [7, 11) is 0. The minimum atomic E-state index is -0.356. The van der Waals surface area contributed by atoms with Gasteiger partial charge in [0.05, 0.1) is 0 Å². The van der Waals surface area contributed by atoms with E-state index in [-0.39, 0.29) is 18.1 Å². The van der Waals surface area contributed by atoms with Crippen molar-refractivity contribution in [2.45, 2.75) is 19.9 Å². The first-order valence-electron chi connectivity index (χ1n) is 4.60. The summed E-state index contributed by atoms with van der Waals surface area (Å²) in [6.07, 6.45) is 0. The van der Waals surface area contributed by atoms with Crippen LogP contribution in [-0.4, -0.2) is 11.7 Å². The van der Waals surface area contributed by atoms with Crippen LogP contribution < -0.4 is 5.73 Å². The summed E-state index contributed by atoms with van der Waals surface area (Å²) in [5, 5.41) is 9.85. The van der Waals surface area contributed by atoms with E-state index >= 15 is 0 Å². The predicted octanol–water partition coefficient (Wildman–Crippen LogP) is 2.36. The zero-order valence-corrected chi connectivity index (χ0v) is 9.25. The van der Waals surface area contributed by atoms with Crippen molar-refractivity contribution in [3.8, 4) is 0 Å². The molecule has 0 heterocycles. The summed E-state index contributed by atoms with van der Waals surface area (Å²) in [4.78, 5) is 0. The summed E-state index contributed by atoms with van der Waals surface area (Å²) >= 11 is 6.02. The second-order valence-corrected chi connectivity index (χ2v) is 4.55. The third-order valence-electron chi connectivity index (χ3n) is 2.49. The van der Waals surface area contributed by atoms with Crippen molar-refractivity contribution in [3.05, 3.63) is 34.9 Å². The molecule has 0 radical (unpaired) electrons. The standard InChI is InChI=1S/C11H16ClNO/c1-11(2,7-14)10(13)8-5-3-4-6-9(8)12/h3-6,10,14H,7,13H2,1-2H3. The Labute approximate surface area is 89.7 Å². The summed E-state index contributed by atoms with van der Waals surface area (Å²) < 4.78 is 0. The normalized spacial score (nSPS) is 14.1. The molecule has 0 bridgehead atoms. The molecule has 0 aliphatic rings. The molecule has 0 aliphatic carbocycles. The van der Waals surface area contributed by atoms with E-state index in [0.717, 1.165) is 5.56 Å². The van der Waals surface area contributed by atoms with Crippen molar-refractivity contribution in [1.29, 1.82) is 0 Å². The molecule has 3 N–H and O–H groups in total. The van der Waals surface area contributed by atoms with Crippen LogP contribution in [0.25, 0.3) is 0 Å². The molecular formula is C11H16ClNO. The maximum absolute atomic E-state index is 9.19. The molecule has 1 unspecified atom stereocenters.